The van der Waals surface area contributed by atoms with Gasteiger partial charge in [-0.1, -0.05) is 25.8 Å². The number of esters is 1. The highest BCUT2D eigenvalue weighted by atomic mass is 17.3. The number of carbonyl (C=O) groups excluding carboxylic acids is 1. The molecule has 4 saturated heterocycles. The molecule has 3 aromatic rings. The lowest BCUT2D eigenvalue weighted by atomic mass is 9.58. The van der Waals surface area contributed by atoms with Gasteiger partial charge in [0.25, 0.3) is 0 Å². The maximum atomic E-state index is 12.1. The van der Waals surface area contributed by atoms with E-state index in [-0.39, 0.29) is 30.6 Å². The molecule has 4 aliphatic heterocycles. The van der Waals surface area contributed by atoms with Crippen molar-refractivity contribution in [3.8, 4) is 23.8 Å². The number of nitrogens with zero attached hydrogens (tertiary/aromatic N) is 2. The molecule has 8 rings (SSSR count). The zero-order valence-electron chi connectivity index (χ0n) is 32.5. The minimum absolute atomic E-state index is 0.0670. The van der Waals surface area contributed by atoms with E-state index in [1.54, 1.807) is 14.2 Å². The number of ether oxygens (including phenoxy) is 7. The Bertz CT molecular complexity index is 1890. The fraction of sp³-hybridized carbons (Fsp3) is 0.561. The summed E-state index contributed by atoms with van der Waals surface area (Å²) in [7, 11) is 3.25. The smallest absolute Gasteiger partial charge is 0.308 e. The summed E-state index contributed by atoms with van der Waals surface area (Å²) in [6.45, 7) is 7.79. The Morgan fingerprint density at radius 2 is 1.71 bits per heavy atom. The van der Waals surface area contributed by atoms with Crippen LogP contribution in [0.2, 0.25) is 0 Å². The molecule has 5 fully saturated rings. The third-order valence-electron chi connectivity index (χ3n) is 11.0. The molecule has 56 heavy (non-hydrogen) atoms. The minimum atomic E-state index is -1.03. The molecule has 2 bridgehead atoms. The van der Waals surface area contributed by atoms with Crippen molar-refractivity contribution >= 4 is 34.3 Å². The second-order valence-corrected chi connectivity index (χ2v) is 14.7. The van der Waals surface area contributed by atoms with Crippen LogP contribution in [0.1, 0.15) is 64.9 Å². The standard InChI is InChI=1S/C22H23N3O4.C19H28O8/c1-4-16-6-5-7-17(12-16)25-22-18-13-20(28-10-8-26-2)21(29-11-9-27-3)14-19(18)23-15-24-22;1-10-4-5-13-11(2)16(23-15(22)7-6-14(20)21)24-17-19(13)12(10)8-9-18(3,25-17)26-27-19/h1,5-7,12-15H,8-11H2,2-3H3,(H,23,24,25);10-13,16-17H,4-9H2,1-3H3,(H,20,21)/t;10-,11-,12+,13+,16-,17-,18-,19-/m.1/s1. The lowest BCUT2D eigenvalue weighted by Gasteiger charge is -2.59. The highest BCUT2D eigenvalue weighted by Gasteiger charge is 2.69. The minimum Gasteiger partial charge on any atom is -0.487 e. The normalized spacial score (nSPS) is 28.8. The number of anilines is 2. The quantitative estimate of drug-likeness (QED) is 0.0842. The second kappa shape index (κ2) is 18.1. The van der Waals surface area contributed by atoms with Crippen LogP contribution in [0.15, 0.2) is 42.7 Å². The summed E-state index contributed by atoms with van der Waals surface area (Å²) in [5, 5.41) is 12.9. The van der Waals surface area contributed by atoms with E-state index >= 15 is 0 Å². The zero-order valence-corrected chi connectivity index (χ0v) is 32.5. The van der Waals surface area contributed by atoms with Crippen molar-refractivity contribution in [1.82, 2.24) is 9.97 Å². The molecule has 302 valence electrons. The molecule has 0 unspecified atom stereocenters. The van der Waals surface area contributed by atoms with Gasteiger partial charge in [0.15, 0.2) is 23.4 Å². The number of nitrogens with one attached hydrogen (secondary N) is 1. The number of methoxy groups -OCH3 is 2. The molecular weight excluding hydrogens is 726 g/mol. The number of carboxylic acids is 1. The number of benzene rings is 2. The van der Waals surface area contributed by atoms with Crippen molar-refractivity contribution in [2.24, 2.45) is 23.7 Å². The molecule has 5 heterocycles. The molecule has 15 nitrogen and oxygen atoms in total. The Labute approximate surface area is 326 Å². The molecule has 0 amide bonds. The van der Waals surface area contributed by atoms with E-state index in [4.69, 9.17) is 54.5 Å². The van der Waals surface area contributed by atoms with Crippen LogP contribution in [0, 0.1) is 36.0 Å². The number of carboxylic acid groups (broad SMARTS) is 1. The summed E-state index contributed by atoms with van der Waals surface area (Å²) in [6.07, 6.45) is 8.71. The van der Waals surface area contributed by atoms with Gasteiger partial charge in [-0.05, 0) is 62.3 Å². The van der Waals surface area contributed by atoms with Gasteiger partial charge >= 0.3 is 11.9 Å². The van der Waals surface area contributed by atoms with E-state index in [1.165, 1.54) is 6.33 Å². The topological polar surface area (TPSA) is 175 Å². The van der Waals surface area contributed by atoms with Crippen LogP contribution < -0.4 is 14.8 Å². The van der Waals surface area contributed by atoms with Crippen molar-refractivity contribution in [3.63, 3.8) is 0 Å². The summed E-state index contributed by atoms with van der Waals surface area (Å²) in [6, 6.07) is 11.3. The number of rotatable bonds is 14. The van der Waals surface area contributed by atoms with Gasteiger partial charge in [0.2, 0.25) is 12.1 Å². The number of terminal acetylenes is 1. The number of hydrogen-bond donors (Lipinski definition) is 2. The molecule has 8 atom stereocenters. The molecule has 1 spiro atoms. The first kappa shape index (κ1) is 41.1. The zero-order chi connectivity index (χ0) is 39.9. The predicted octanol–water partition coefficient (Wildman–Crippen LogP) is 6.01. The van der Waals surface area contributed by atoms with Gasteiger partial charge < -0.3 is 43.6 Å². The molecule has 0 radical (unpaired) electrons. The lowest BCUT2D eigenvalue weighted by molar-refractivity contribution is -0.576. The number of aliphatic carboxylic acids is 1. The summed E-state index contributed by atoms with van der Waals surface area (Å²) in [5.41, 5.74) is 1.65. The SMILES string of the molecule is C#Cc1cccc(Nc2ncnc3cc(OCCOC)c(OCCOC)cc23)c1.C[C@H]1[C@H](OC(=O)CCC(=O)O)O[C@@H]2O[C@@]3(C)CC[C@H]4[C@H](C)CC[C@@H]1[C@@]24OO3. The Balaban J connectivity index is 0.000000190. The van der Waals surface area contributed by atoms with E-state index in [0.717, 1.165) is 41.4 Å². The number of fused-ring (bicyclic) bond motifs is 3. The van der Waals surface area contributed by atoms with Gasteiger partial charge in [0, 0.05) is 55.2 Å². The largest absolute Gasteiger partial charge is 0.487 e. The van der Waals surface area contributed by atoms with Crippen LogP contribution in [0.5, 0.6) is 11.5 Å². The van der Waals surface area contributed by atoms with Crippen LogP contribution >= 0.6 is 0 Å². The average Bonchev–Trinajstić information content (AvgIpc) is 3.42. The summed E-state index contributed by atoms with van der Waals surface area (Å²) in [5.74, 6) is 2.62. The Morgan fingerprint density at radius 1 is 0.964 bits per heavy atom. The van der Waals surface area contributed by atoms with Crippen LogP contribution in [-0.4, -0.2) is 91.6 Å². The Morgan fingerprint density at radius 3 is 2.43 bits per heavy atom. The molecule has 15 heteroatoms. The molecular formula is C41H51N3O12. The first-order chi connectivity index (χ1) is 27.0. The van der Waals surface area contributed by atoms with Crippen molar-refractivity contribution in [1.29, 1.82) is 0 Å². The monoisotopic (exact) mass is 777 g/mol. The van der Waals surface area contributed by atoms with E-state index < -0.39 is 35.9 Å². The molecule has 5 aliphatic rings. The average molecular weight is 778 g/mol. The summed E-state index contributed by atoms with van der Waals surface area (Å²) >= 11 is 0. The highest BCUT2D eigenvalue weighted by Crippen LogP contribution is 2.60. The van der Waals surface area contributed by atoms with E-state index in [9.17, 15) is 9.59 Å². The number of aromatic nitrogens is 2. The second-order valence-electron chi connectivity index (χ2n) is 14.7. The van der Waals surface area contributed by atoms with Gasteiger partial charge in [-0.15, -0.1) is 6.42 Å². The van der Waals surface area contributed by atoms with Crippen molar-refractivity contribution < 1.29 is 57.6 Å². The Hall–Kier alpha value is -4.56. The number of carbonyl (C=O) groups is 2. The van der Waals surface area contributed by atoms with Crippen LogP contribution in [-0.2, 0) is 43.0 Å². The predicted molar refractivity (Wildman–Crippen MR) is 202 cm³/mol. The fourth-order valence-electron chi connectivity index (χ4n) is 8.09. The number of hydrogen-bond acceptors (Lipinski definition) is 14. The highest BCUT2D eigenvalue weighted by molar-refractivity contribution is 5.93. The lowest BCUT2D eigenvalue weighted by Crippen LogP contribution is -2.70. The molecule has 1 aromatic heterocycles. The molecule has 1 aliphatic carbocycles. The van der Waals surface area contributed by atoms with Crippen molar-refractivity contribution in [2.45, 2.75) is 83.3 Å². The van der Waals surface area contributed by atoms with Gasteiger partial charge in [-0.3, -0.25) is 9.59 Å². The van der Waals surface area contributed by atoms with E-state index in [2.05, 4.69) is 28.1 Å². The first-order valence-electron chi connectivity index (χ1n) is 19.0. The summed E-state index contributed by atoms with van der Waals surface area (Å²) in [4.78, 5) is 43.3. The third-order valence-corrected chi connectivity index (χ3v) is 11.0. The van der Waals surface area contributed by atoms with Gasteiger partial charge in [-0.2, -0.15) is 0 Å². The molecule has 2 aromatic carbocycles. The van der Waals surface area contributed by atoms with Gasteiger partial charge in [0.05, 0.1) is 31.6 Å². The van der Waals surface area contributed by atoms with Crippen molar-refractivity contribution in [2.75, 3.05) is 46.0 Å². The van der Waals surface area contributed by atoms with E-state index in [0.29, 0.717) is 56.1 Å². The van der Waals surface area contributed by atoms with Crippen molar-refractivity contribution in [3.05, 3.63) is 48.3 Å². The maximum absolute atomic E-state index is 12.1. The Kier molecular flexibility index (Phi) is 13.3. The molecule has 1 saturated carbocycles. The van der Waals surface area contributed by atoms with Crippen LogP contribution in [0.25, 0.3) is 10.9 Å². The van der Waals surface area contributed by atoms with Gasteiger partial charge in [0.1, 0.15) is 25.4 Å². The maximum Gasteiger partial charge on any atom is 0.308 e. The van der Waals surface area contributed by atoms with Gasteiger partial charge in [-0.25, -0.2) is 19.7 Å². The summed E-state index contributed by atoms with van der Waals surface area (Å²) < 4.78 is 39.6. The fourth-order valence-corrected chi connectivity index (χ4v) is 8.09. The van der Waals surface area contributed by atoms with Crippen LogP contribution in [0.3, 0.4) is 0 Å². The molecule has 2 N–H and O–H groups in total. The van der Waals surface area contributed by atoms with Crippen LogP contribution in [0.4, 0.5) is 11.5 Å². The van der Waals surface area contributed by atoms with E-state index in [1.807, 2.05) is 50.2 Å². The third kappa shape index (κ3) is 9.01. The first-order valence-corrected chi connectivity index (χ1v) is 19.0.